The lowest BCUT2D eigenvalue weighted by Crippen LogP contribution is -2.41. The van der Waals surface area contributed by atoms with Crippen molar-refractivity contribution >= 4 is 11.8 Å². The quantitative estimate of drug-likeness (QED) is 0.698. The zero-order valence-corrected chi connectivity index (χ0v) is 15.3. The van der Waals surface area contributed by atoms with Crippen LogP contribution in [0, 0.1) is 5.92 Å². The van der Waals surface area contributed by atoms with Gasteiger partial charge < -0.3 is 15.2 Å². The van der Waals surface area contributed by atoms with Crippen LogP contribution in [0.2, 0.25) is 0 Å². The van der Waals surface area contributed by atoms with Gasteiger partial charge in [-0.3, -0.25) is 19.6 Å². The van der Waals surface area contributed by atoms with Crippen molar-refractivity contribution in [2.75, 3.05) is 6.54 Å². The molecule has 1 fully saturated rings. The van der Waals surface area contributed by atoms with E-state index in [0.717, 1.165) is 31.4 Å². The van der Waals surface area contributed by atoms with Gasteiger partial charge in [0.15, 0.2) is 0 Å². The molecule has 2 N–H and O–H groups in total. The van der Waals surface area contributed by atoms with Gasteiger partial charge in [-0.05, 0) is 25.7 Å². The fourth-order valence-electron chi connectivity index (χ4n) is 3.29. The Balaban J connectivity index is 1.30. The Kier molecular flexibility index (Phi) is 6.84. The Morgan fingerprint density at radius 2 is 1.89 bits per heavy atom. The van der Waals surface area contributed by atoms with Gasteiger partial charge in [-0.25, -0.2) is 0 Å². The summed E-state index contributed by atoms with van der Waals surface area (Å²) in [5, 5.41) is 13.5. The van der Waals surface area contributed by atoms with Gasteiger partial charge in [-0.1, -0.05) is 0 Å². The molecule has 0 bridgehead atoms. The number of hydrogen-bond donors (Lipinski definition) is 2. The second-order valence-electron chi connectivity index (χ2n) is 6.80. The van der Waals surface area contributed by atoms with Crippen molar-refractivity contribution < 1.29 is 9.59 Å². The van der Waals surface area contributed by atoms with Crippen LogP contribution in [-0.4, -0.2) is 49.1 Å². The van der Waals surface area contributed by atoms with Crippen molar-refractivity contribution in [3.63, 3.8) is 0 Å². The van der Waals surface area contributed by atoms with E-state index in [2.05, 4.69) is 30.8 Å². The predicted molar refractivity (Wildman–Crippen MR) is 97.3 cm³/mol. The summed E-state index contributed by atoms with van der Waals surface area (Å²) in [4.78, 5) is 32.6. The maximum absolute atomic E-state index is 12.3. The molecular formula is C18H25N7O2. The summed E-state index contributed by atoms with van der Waals surface area (Å²) in [6.45, 7) is 1.14. The molecular weight excluding hydrogens is 346 g/mol. The lowest BCUT2D eigenvalue weighted by Gasteiger charge is -2.28. The van der Waals surface area contributed by atoms with Gasteiger partial charge in [0, 0.05) is 56.5 Å². The zero-order valence-electron chi connectivity index (χ0n) is 15.3. The second-order valence-corrected chi connectivity index (χ2v) is 6.80. The molecule has 0 saturated heterocycles. The topological polar surface area (TPSA) is 115 Å². The highest BCUT2D eigenvalue weighted by Gasteiger charge is 2.26. The Morgan fingerprint density at radius 3 is 2.59 bits per heavy atom. The van der Waals surface area contributed by atoms with Gasteiger partial charge >= 0.3 is 0 Å². The molecule has 0 unspecified atom stereocenters. The van der Waals surface area contributed by atoms with E-state index in [1.807, 2.05) is 0 Å². The Morgan fingerprint density at radius 1 is 1.11 bits per heavy atom. The van der Waals surface area contributed by atoms with Crippen molar-refractivity contribution in [1.82, 2.24) is 35.4 Å². The Hall–Kier alpha value is -2.84. The molecule has 2 aromatic rings. The first-order chi connectivity index (χ1) is 13.2. The summed E-state index contributed by atoms with van der Waals surface area (Å²) in [5.74, 6) is 0.147. The molecule has 2 aromatic heterocycles. The fourth-order valence-corrected chi connectivity index (χ4v) is 3.29. The summed E-state index contributed by atoms with van der Waals surface area (Å²) < 4.78 is 1.78. The maximum Gasteiger partial charge on any atom is 0.223 e. The highest BCUT2D eigenvalue weighted by atomic mass is 16.2. The number of carbonyl (C=O) groups excluding carboxylic acids is 2. The molecule has 0 spiro atoms. The third-order valence-corrected chi connectivity index (χ3v) is 4.82. The average molecular weight is 371 g/mol. The maximum atomic E-state index is 12.3. The van der Waals surface area contributed by atoms with Crippen molar-refractivity contribution in [2.24, 2.45) is 5.92 Å². The number of amides is 2. The first kappa shape index (κ1) is 18.9. The first-order valence-electron chi connectivity index (χ1n) is 9.35. The third-order valence-electron chi connectivity index (χ3n) is 4.82. The van der Waals surface area contributed by atoms with Crippen LogP contribution in [0.15, 0.2) is 31.2 Å². The lowest BCUT2D eigenvalue weighted by molar-refractivity contribution is -0.126. The minimum absolute atomic E-state index is 0.0250. The van der Waals surface area contributed by atoms with Crippen molar-refractivity contribution in [2.45, 2.75) is 51.1 Å². The molecule has 0 aromatic carbocycles. The molecule has 9 nitrogen and oxygen atoms in total. The van der Waals surface area contributed by atoms with Gasteiger partial charge in [0.2, 0.25) is 11.8 Å². The largest absolute Gasteiger partial charge is 0.355 e. The van der Waals surface area contributed by atoms with E-state index >= 15 is 0 Å². The van der Waals surface area contributed by atoms with Crippen LogP contribution in [0.5, 0.6) is 0 Å². The SMILES string of the molecule is O=C(CCn1cnnc1)NC1CCC(C(=O)NCCc2cnccn2)CC1. The van der Waals surface area contributed by atoms with Gasteiger partial charge in [0.05, 0.1) is 5.69 Å². The number of aromatic nitrogens is 5. The number of nitrogens with zero attached hydrogens (tertiary/aromatic N) is 5. The number of carbonyl (C=O) groups is 2. The molecule has 0 aliphatic heterocycles. The van der Waals surface area contributed by atoms with Crippen LogP contribution < -0.4 is 10.6 Å². The van der Waals surface area contributed by atoms with Crippen LogP contribution in [-0.2, 0) is 22.6 Å². The first-order valence-corrected chi connectivity index (χ1v) is 9.35. The highest BCUT2D eigenvalue weighted by Crippen LogP contribution is 2.24. The van der Waals surface area contributed by atoms with E-state index < -0.39 is 0 Å². The second kappa shape index (κ2) is 9.75. The molecule has 2 heterocycles. The van der Waals surface area contributed by atoms with E-state index in [0.29, 0.717) is 25.9 Å². The molecule has 0 atom stereocenters. The molecule has 1 aliphatic carbocycles. The molecule has 0 radical (unpaired) electrons. The van der Waals surface area contributed by atoms with Crippen LogP contribution >= 0.6 is 0 Å². The van der Waals surface area contributed by atoms with E-state index in [1.54, 1.807) is 35.8 Å². The zero-order chi connectivity index (χ0) is 18.9. The predicted octanol–water partition coefficient (Wildman–Crippen LogP) is 0.492. The summed E-state index contributed by atoms with van der Waals surface area (Å²) in [7, 11) is 0. The number of rotatable bonds is 8. The summed E-state index contributed by atoms with van der Waals surface area (Å²) in [5.41, 5.74) is 0.871. The van der Waals surface area contributed by atoms with Gasteiger partial charge in [-0.2, -0.15) is 0 Å². The molecule has 27 heavy (non-hydrogen) atoms. The average Bonchev–Trinajstić information content (AvgIpc) is 3.21. The third kappa shape index (κ3) is 6.12. The van der Waals surface area contributed by atoms with Crippen LogP contribution in [0.25, 0.3) is 0 Å². The van der Waals surface area contributed by atoms with Crippen molar-refractivity contribution in [1.29, 1.82) is 0 Å². The van der Waals surface area contributed by atoms with Crippen LogP contribution in [0.1, 0.15) is 37.8 Å². The number of hydrogen-bond acceptors (Lipinski definition) is 6. The Labute approximate surface area is 158 Å². The highest BCUT2D eigenvalue weighted by molar-refractivity contribution is 5.79. The smallest absolute Gasteiger partial charge is 0.223 e. The molecule has 9 heteroatoms. The van der Waals surface area contributed by atoms with Gasteiger partial charge in [-0.15, -0.1) is 10.2 Å². The summed E-state index contributed by atoms with van der Waals surface area (Å²) in [6.07, 6.45) is 12.5. The molecule has 144 valence electrons. The van der Waals surface area contributed by atoms with Crippen molar-refractivity contribution in [3.8, 4) is 0 Å². The van der Waals surface area contributed by atoms with Crippen molar-refractivity contribution in [3.05, 3.63) is 36.9 Å². The van der Waals surface area contributed by atoms with Gasteiger partial charge in [0.1, 0.15) is 12.7 Å². The summed E-state index contributed by atoms with van der Waals surface area (Å²) in [6, 6.07) is 0.155. The van der Waals surface area contributed by atoms with Crippen LogP contribution in [0.4, 0.5) is 0 Å². The minimum Gasteiger partial charge on any atom is -0.355 e. The van der Waals surface area contributed by atoms with Gasteiger partial charge in [0.25, 0.3) is 0 Å². The molecule has 3 rings (SSSR count). The number of nitrogens with one attached hydrogen (secondary N) is 2. The molecule has 2 amide bonds. The Bertz CT molecular complexity index is 713. The van der Waals surface area contributed by atoms with E-state index in [1.165, 1.54) is 0 Å². The van der Waals surface area contributed by atoms with E-state index in [4.69, 9.17) is 0 Å². The molecule has 1 aliphatic rings. The molecule has 1 saturated carbocycles. The summed E-state index contributed by atoms with van der Waals surface area (Å²) >= 11 is 0. The standard InChI is InChI=1S/C18H25N7O2/c26-17(6-10-25-12-22-23-13-25)24-15-3-1-14(2-4-15)18(27)21-7-5-16-11-19-8-9-20-16/h8-9,11-15H,1-7,10H2,(H,21,27)(H,24,26). The minimum atomic E-state index is 0.0250. The monoisotopic (exact) mass is 371 g/mol. The number of aryl methyl sites for hydroxylation is 1. The van der Waals surface area contributed by atoms with E-state index in [9.17, 15) is 9.59 Å². The normalized spacial score (nSPS) is 19.4. The van der Waals surface area contributed by atoms with Crippen LogP contribution in [0.3, 0.4) is 0 Å². The lowest BCUT2D eigenvalue weighted by atomic mass is 9.85. The fraction of sp³-hybridized carbons (Fsp3) is 0.556. The van der Waals surface area contributed by atoms with E-state index in [-0.39, 0.29) is 23.8 Å².